The van der Waals surface area contributed by atoms with Crippen molar-refractivity contribution in [3.8, 4) is 0 Å². The van der Waals surface area contributed by atoms with Crippen molar-refractivity contribution in [2.45, 2.75) is 19.1 Å². The van der Waals surface area contributed by atoms with Gasteiger partial charge in [-0.2, -0.15) is 0 Å². The molecular weight excluding hydrogens is 482 g/mol. The first-order chi connectivity index (χ1) is 16.9. The third kappa shape index (κ3) is 6.03. The molecule has 1 fully saturated rings. The summed E-state index contributed by atoms with van der Waals surface area (Å²) < 4.78 is 5.54. The van der Waals surface area contributed by atoms with Crippen molar-refractivity contribution >= 4 is 52.2 Å². The Morgan fingerprint density at radius 3 is 2.14 bits per heavy atom. The lowest BCUT2D eigenvalue weighted by atomic mass is 10.0. The van der Waals surface area contributed by atoms with E-state index in [2.05, 4.69) is 0 Å². The SMILES string of the molecule is O=C(OCc1ccccc1)c1ccc(/C=C2\SC(=S)N(C(Cc3ccccc3)C(=O)O)C2=O)cc1. The maximum Gasteiger partial charge on any atom is 0.338 e. The van der Waals surface area contributed by atoms with Crippen LogP contribution in [-0.2, 0) is 27.4 Å². The predicted molar refractivity (Wildman–Crippen MR) is 139 cm³/mol. The van der Waals surface area contributed by atoms with E-state index in [-0.39, 0.29) is 17.3 Å². The van der Waals surface area contributed by atoms with Crippen molar-refractivity contribution in [1.29, 1.82) is 0 Å². The minimum absolute atomic E-state index is 0.148. The Hall–Kier alpha value is -3.75. The van der Waals surface area contributed by atoms with Crippen molar-refractivity contribution < 1.29 is 24.2 Å². The molecule has 1 N–H and O–H groups in total. The molecule has 0 aliphatic carbocycles. The topological polar surface area (TPSA) is 83.9 Å². The molecule has 0 saturated carbocycles. The van der Waals surface area contributed by atoms with Crippen molar-refractivity contribution in [2.75, 3.05) is 0 Å². The van der Waals surface area contributed by atoms with Gasteiger partial charge in [0.2, 0.25) is 0 Å². The average molecular weight is 504 g/mol. The third-order valence-corrected chi connectivity index (χ3v) is 6.68. The quantitative estimate of drug-likeness (QED) is 0.265. The minimum atomic E-state index is -1.12. The molecule has 35 heavy (non-hydrogen) atoms. The molecule has 1 saturated heterocycles. The number of carboxylic acids is 1. The summed E-state index contributed by atoms with van der Waals surface area (Å²) in [5.41, 5.74) is 2.76. The maximum absolute atomic E-state index is 13.1. The highest BCUT2D eigenvalue weighted by Gasteiger charge is 2.40. The van der Waals surface area contributed by atoms with Gasteiger partial charge < -0.3 is 9.84 Å². The van der Waals surface area contributed by atoms with Gasteiger partial charge in [-0.05, 0) is 34.9 Å². The van der Waals surface area contributed by atoms with Crippen LogP contribution < -0.4 is 0 Å². The second-order valence-electron chi connectivity index (χ2n) is 7.78. The van der Waals surface area contributed by atoms with E-state index in [0.717, 1.165) is 27.8 Å². The summed E-state index contributed by atoms with van der Waals surface area (Å²) in [5, 5.41) is 9.78. The minimum Gasteiger partial charge on any atom is -0.480 e. The largest absolute Gasteiger partial charge is 0.480 e. The van der Waals surface area contributed by atoms with Crippen molar-refractivity contribution in [2.24, 2.45) is 0 Å². The molecule has 0 radical (unpaired) electrons. The molecule has 1 unspecified atom stereocenters. The summed E-state index contributed by atoms with van der Waals surface area (Å²) >= 11 is 6.41. The van der Waals surface area contributed by atoms with Gasteiger partial charge in [0.05, 0.1) is 10.5 Å². The van der Waals surface area contributed by atoms with Gasteiger partial charge in [0.1, 0.15) is 17.0 Å². The smallest absolute Gasteiger partial charge is 0.338 e. The van der Waals surface area contributed by atoms with Crippen molar-refractivity contribution in [3.05, 3.63) is 112 Å². The van der Waals surface area contributed by atoms with E-state index in [1.54, 1.807) is 30.3 Å². The van der Waals surface area contributed by atoms with Crippen LogP contribution >= 0.6 is 24.0 Å². The van der Waals surface area contributed by atoms with Crippen LogP contribution in [0.25, 0.3) is 6.08 Å². The number of carbonyl (C=O) groups is 3. The van der Waals surface area contributed by atoms with E-state index in [1.807, 2.05) is 60.7 Å². The standard InChI is InChI=1S/C27H21NO5S2/c29-24-23(35-27(34)28(24)22(25(30)31)15-18-7-3-1-4-8-18)16-19-11-13-21(14-12-19)26(32)33-17-20-9-5-2-6-10-20/h1-14,16,22H,15,17H2,(H,30,31)/b23-16-. The van der Waals surface area contributed by atoms with Gasteiger partial charge in [0.15, 0.2) is 0 Å². The molecule has 6 nitrogen and oxygen atoms in total. The summed E-state index contributed by atoms with van der Waals surface area (Å²) in [6, 6.07) is 24.0. The maximum atomic E-state index is 13.1. The lowest BCUT2D eigenvalue weighted by Crippen LogP contribution is -2.45. The zero-order chi connectivity index (χ0) is 24.8. The predicted octanol–water partition coefficient (Wildman–Crippen LogP) is 4.94. The normalized spacial score (nSPS) is 15.3. The number of carbonyl (C=O) groups excluding carboxylic acids is 2. The zero-order valence-electron chi connectivity index (χ0n) is 18.5. The third-order valence-electron chi connectivity index (χ3n) is 5.35. The van der Waals surface area contributed by atoms with Crippen LogP contribution in [0.4, 0.5) is 0 Å². The number of aliphatic carboxylic acids is 1. The van der Waals surface area contributed by atoms with Gasteiger partial charge in [-0.25, -0.2) is 9.59 Å². The van der Waals surface area contributed by atoms with Gasteiger partial charge in [-0.3, -0.25) is 9.69 Å². The van der Waals surface area contributed by atoms with Crippen LogP contribution in [0.15, 0.2) is 89.8 Å². The van der Waals surface area contributed by atoms with Crippen LogP contribution in [0.5, 0.6) is 0 Å². The molecule has 1 amide bonds. The van der Waals surface area contributed by atoms with Gasteiger partial charge >= 0.3 is 11.9 Å². The summed E-state index contributed by atoms with van der Waals surface area (Å²) in [5.74, 6) is -2.02. The van der Waals surface area contributed by atoms with E-state index in [4.69, 9.17) is 17.0 Å². The fraction of sp³-hybridized carbons (Fsp3) is 0.111. The highest BCUT2D eigenvalue weighted by Crippen LogP contribution is 2.34. The molecule has 0 aromatic heterocycles. The van der Waals surface area contributed by atoms with Crippen LogP contribution in [-0.4, -0.2) is 38.2 Å². The van der Waals surface area contributed by atoms with Crippen LogP contribution in [0.2, 0.25) is 0 Å². The molecule has 1 atom stereocenters. The van der Waals surface area contributed by atoms with E-state index in [1.165, 1.54) is 0 Å². The molecular formula is C27H21NO5S2. The number of thioether (sulfide) groups is 1. The first-order valence-electron chi connectivity index (χ1n) is 10.8. The number of benzene rings is 3. The van der Waals surface area contributed by atoms with E-state index >= 15 is 0 Å². The van der Waals surface area contributed by atoms with Crippen LogP contribution in [0.1, 0.15) is 27.0 Å². The van der Waals surface area contributed by atoms with Gasteiger partial charge in [0.25, 0.3) is 5.91 Å². The molecule has 3 aromatic carbocycles. The summed E-state index contributed by atoms with van der Waals surface area (Å²) in [4.78, 5) is 38.8. The Morgan fingerprint density at radius 1 is 0.943 bits per heavy atom. The molecule has 1 aliphatic rings. The van der Waals surface area contributed by atoms with Gasteiger partial charge in [-0.1, -0.05) is 96.8 Å². The number of nitrogens with zero attached hydrogens (tertiary/aromatic N) is 1. The second-order valence-corrected chi connectivity index (χ2v) is 9.45. The molecule has 8 heteroatoms. The zero-order valence-corrected chi connectivity index (χ0v) is 20.1. The number of amides is 1. The summed E-state index contributed by atoms with van der Waals surface area (Å²) in [7, 11) is 0. The average Bonchev–Trinajstić information content (AvgIpc) is 3.14. The Kier molecular flexibility index (Phi) is 7.74. The number of ether oxygens (including phenoxy) is 1. The lowest BCUT2D eigenvalue weighted by Gasteiger charge is -2.23. The summed E-state index contributed by atoms with van der Waals surface area (Å²) in [6.07, 6.45) is 1.79. The number of hydrogen-bond donors (Lipinski definition) is 1. The Labute approximate surface area is 212 Å². The fourth-order valence-corrected chi connectivity index (χ4v) is 4.90. The lowest BCUT2D eigenvalue weighted by molar-refractivity contribution is -0.145. The first-order valence-corrected chi connectivity index (χ1v) is 12.0. The molecule has 3 aromatic rings. The van der Waals surface area contributed by atoms with Gasteiger partial charge in [0, 0.05) is 6.42 Å². The second kappa shape index (κ2) is 11.1. The number of carboxylic acid groups (broad SMARTS) is 1. The Morgan fingerprint density at radius 2 is 1.54 bits per heavy atom. The number of thiocarbonyl (C=S) groups is 1. The Balaban J connectivity index is 1.44. The van der Waals surface area contributed by atoms with Crippen molar-refractivity contribution in [3.63, 3.8) is 0 Å². The molecule has 0 spiro atoms. The molecule has 1 aliphatic heterocycles. The Bertz CT molecular complexity index is 1270. The monoisotopic (exact) mass is 503 g/mol. The first kappa shape index (κ1) is 24.4. The molecule has 0 bridgehead atoms. The molecule has 1 heterocycles. The van der Waals surface area contributed by atoms with E-state index in [9.17, 15) is 19.5 Å². The van der Waals surface area contributed by atoms with Crippen LogP contribution in [0, 0.1) is 0 Å². The van der Waals surface area contributed by atoms with E-state index in [0.29, 0.717) is 16.0 Å². The number of rotatable bonds is 8. The number of hydrogen-bond acceptors (Lipinski definition) is 6. The van der Waals surface area contributed by atoms with Crippen molar-refractivity contribution in [1.82, 2.24) is 4.90 Å². The highest BCUT2D eigenvalue weighted by atomic mass is 32.2. The number of esters is 1. The molecule has 4 rings (SSSR count). The van der Waals surface area contributed by atoms with Gasteiger partial charge in [-0.15, -0.1) is 0 Å². The summed E-state index contributed by atoms with van der Waals surface area (Å²) in [6.45, 7) is 0.178. The highest BCUT2D eigenvalue weighted by molar-refractivity contribution is 8.26. The van der Waals surface area contributed by atoms with Crippen LogP contribution in [0.3, 0.4) is 0 Å². The molecule has 176 valence electrons. The van der Waals surface area contributed by atoms with E-state index < -0.39 is 23.9 Å². The fourth-order valence-electron chi connectivity index (χ4n) is 3.55.